The van der Waals surface area contributed by atoms with E-state index in [0.717, 1.165) is 10.4 Å². The van der Waals surface area contributed by atoms with E-state index in [9.17, 15) is 4.79 Å². The maximum absolute atomic E-state index is 11.9. The number of nitrogens with one attached hydrogen (secondary N) is 1. The Morgan fingerprint density at radius 1 is 1.37 bits per heavy atom. The molecule has 1 unspecified atom stereocenters. The molecule has 2 aromatic rings. The van der Waals surface area contributed by atoms with Crippen LogP contribution in [0.2, 0.25) is 0 Å². The van der Waals surface area contributed by atoms with Gasteiger partial charge in [-0.15, -0.1) is 11.3 Å². The van der Waals surface area contributed by atoms with E-state index in [0.29, 0.717) is 12.0 Å². The number of hydrogen-bond donors (Lipinski definition) is 1. The molecule has 1 atom stereocenters. The van der Waals surface area contributed by atoms with Crippen LogP contribution in [0.5, 0.6) is 0 Å². The van der Waals surface area contributed by atoms with Gasteiger partial charge in [0, 0.05) is 4.88 Å². The SMILES string of the molecule is CC(NC(=O)Cc1cccs1)c1ccc(C#N)cc1. The molecule has 0 aliphatic rings. The number of nitrogens with zero attached hydrogens (tertiary/aromatic N) is 1. The van der Waals surface area contributed by atoms with Crippen LogP contribution >= 0.6 is 11.3 Å². The zero-order chi connectivity index (χ0) is 13.7. The number of carbonyl (C=O) groups excluding carboxylic acids is 1. The summed E-state index contributed by atoms with van der Waals surface area (Å²) in [6, 6.07) is 13.2. The van der Waals surface area contributed by atoms with Gasteiger partial charge in [0.25, 0.3) is 0 Å². The van der Waals surface area contributed by atoms with Crippen molar-refractivity contribution in [1.82, 2.24) is 5.32 Å². The molecule has 0 bridgehead atoms. The summed E-state index contributed by atoms with van der Waals surface area (Å²) in [5.41, 5.74) is 1.62. The van der Waals surface area contributed by atoms with Crippen LogP contribution in [0.1, 0.15) is 29.0 Å². The second-order valence-corrected chi connectivity index (χ2v) is 5.31. The van der Waals surface area contributed by atoms with Gasteiger partial charge in [-0.2, -0.15) is 5.26 Å². The Kier molecular flexibility index (Phi) is 4.32. The van der Waals surface area contributed by atoms with Gasteiger partial charge in [-0.3, -0.25) is 4.79 Å². The summed E-state index contributed by atoms with van der Waals surface area (Å²) in [5, 5.41) is 13.7. The Labute approximate surface area is 116 Å². The number of rotatable bonds is 4. The van der Waals surface area contributed by atoms with Crippen LogP contribution in [0.3, 0.4) is 0 Å². The first-order valence-electron chi connectivity index (χ1n) is 6.01. The summed E-state index contributed by atoms with van der Waals surface area (Å²) in [5.74, 6) is 0.0132. The van der Waals surface area contributed by atoms with Gasteiger partial charge >= 0.3 is 0 Å². The van der Waals surface area contributed by atoms with E-state index in [1.807, 2.05) is 36.6 Å². The number of carbonyl (C=O) groups is 1. The van der Waals surface area contributed by atoms with E-state index in [-0.39, 0.29) is 11.9 Å². The molecule has 1 aromatic heterocycles. The van der Waals surface area contributed by atoms with E-state index in [4.69, 9.17) is 5.26 Å². The van der Waals surface area contributed by atoms with Crippen LogP contribution in [0.15, 0.2) is 41.8 Å². The first-order valence-corrected chi connectivity index (χ1v) is 6.89. The molecule has 19 heavy (non-hydrogen) atoms. The molecule has 0 aliphatic carbocycles. The highest BCUT2D eigenvalue weighted by molar-refractivity contribution is 7.10. The molecule has 1 N–H and O–H groups in total. The Bertz CT molecular complexity index is 582. The standard InChI is InChI=1S/C15H14N2OS/c1-11(13-6-4-12(10-16)5-7-13)17-15(18)9-14-3-2-8-19-14/h2-8,11H,9H2,1H3,(H,17,18). The third kappa shape index (κ3) is 3.67. The molecule has 3 nitrogen and oxygen atoms in total. The Morgan fingerprint density at radius 3 is 2.68 bits per heavy atom. The smallest absolute Gasteiger partial charge is 0.225 e. The van der Waals surface area contributed by atoms with Crippen molar-refractivity contribution in [1.29, 1.82) is 5.26 Å². The molecule has 0 spiro atoms. The minimum Gasteiger partial charge on any atom is -0.349 e. The van der Waals surface area contributed by atoms with Gasteiger partial charge in [0.2, 0.25) is 5.91 Å². The van der Waals surface area contributed by atoms with Crippen LogP contribution in [0.25, 0.3) is 0 Å². The number of benzene rings is 1. The fraction of sp³-hybridized carbons (Fsp3) is 0.200. The van der Waals surface area contributed by atoms with Crippen molar-refractivity contribution >= 4 is 17.2 Å². The van der Waals surface area contributed by atoms with Gasteiger partial charge in [-0.05, 0) is 36.1 Å². The quantitative estimate of drug-likeness (QED) is 0.928. The molecule has 0 saturated heterocycles. The maximum atomic E-state index is 11.9. The predicted octanol–water partition coefficient (Wildman–Crippen LogP) is 3.04. The van der Waals surface area contributed by atoms with Crippen LogP contribution in [0.4, 0.5) is 0 Å². The fourth-order valence-corrected chi connectivity index (χ4v) is 2.50. The van der Waals surface area contributed by atoms with Gasteiger partial charge in [0.05, 0.1) is 24.1 Å². The first-order chi connectivity index (χ1) is 9.19. The van der Waals surface area contributed by atoms with Crippen LogP contribution < -0.4 is 5.32 Å². The Morgan fingerprint density at radius 2 is 2.11 bits per heavy atom. The minimum absolute atomic E-state index is 0.0132. The van der Waals surface area contributed by atoms with Crippen LogP contribution in [0, 0.1) is 11.3 Å². The second-order valence-electron chi connectivity index (χ2n) is 4.28. The van der Waals surface area contributed by atoms with Gasteiger partial charge in [0.15, 0.2) is 0 Å². The van der Waals surface area contributed by atoms with Crippen LogP contribution in [-0.2, 0) is 11.2 Å². The molecular formula is C15H14N2OS. The highest BCUT2D eigenvalue weighted by atomic mass is 32.1. The molecule has 2 rings (SSSR count). The summed E-state index contributed by atoms with van der Waals surface area (Å²) in [6.07, 6.45) is 0.415. The molecule has 0 fully saturated rings. The minimum atomic E-state index is -0.0554. The lowest BCUT2D eigenvalue weighted by Crippen LogP contribution is -2.27. The zero-order valence-corrected chi connectivity index (χ0v) is 11.4. The molecule has 0 saturated carbocycles. The molecule has 1 heterocycles. The number of nitriles is 1. The zero-order valence-electron chi connectivity index (χ0n) is 10.6. The van der Waals surface area contributed by atoms with E-state index in [1.54, 1.807) is 23.5 Å². The monoisotopic (exact) mass is 270 g/mol. The lowest BCUT2D eigenvalue weighted by molar-refractivity contribution is -0.121. The third-order valence-electron chi connectivity index (χ3n) is 2.83. The van der Waals surface area contributed by atoms with Gasteiger partial charge in [-0.25, -0.2) is 0 Å². The molecule has 4 heteroatoms. The lowest BCUT2D eigenvalue weighted by atomic mass is 10.1. The van der Waals surface area contributed by atoms with Crippen molar-refractivity contribution < 1.29 is 4.79 Å². The summed E-state index contributed by atoms with van der Waals surface area (Å²) in [7, 11) is 0. The molecular weight excluding hydrogens is 256 g/mol. The van der Waals surface area contributed by atoms with Gasteiger partial charge < -0.3 is 5.32 Å². The van der Waals surface area contributed by atoms with Gasteiger partial charge in [0.1, 0.15) is 0 Å². The van der Waals surface area contributed by atoms with E-state index >= 15 is 0 Å². The Balaban J connectivity index is 1.94. The highest BCUT2D eigenvalue weighted by Crippen LogP contribution is 2.14. The molecule has 1 aromatic carbocycles. The summed E-state index contributed by atoms with van der Waals surface area (Å²) in [4.78, 5) is 12.9. The van der Waals surface area contributed by atoms with Crippen LogP contribution in [-0.4, -0.2) is 5.91 Å². The van der Waals surface area contributed by atoms with Gasteiger partial charge in [-0.1, -0.05) is 18.2 Å². The normalized spacial score (nSPS) is 11.6. The molecule has 0 aliphatic heterocycles. The number of thiophene rings is 1. The van der Waals surface area contributed by atoms with Crippen molar-refractivity contribution in [3.63, 3.8) is 0 Å². The Hall–Kier alpha value is -2.12. The number of hydrogen-bond acceptors (Lipinski definition) is 3. The highest BCUT2D eigenvalue weighted by Gasteiger charge is 2.10. The average Bonchev–Trinajstić information content (AvgIpc) is 2.91. The number of amides is 1. The molecule has 96 valence electrons. The average molecular weight is 270 g/mol. The summed E-state index contributed by atoms with van der Waals surface area (Å²) >= 11 is 1.58. The summed E-state index contributed by atoms with van der Waals surface area (Å²) < 4.78 is 0. The summed E-state index contributed by atoms with van der Waals surface area (Å²) in [6.45, 7) is 1.94. The fourth-order valence-electron chi connectivity index (χ4n) is 1.79. The molecule has 1 amide bonds. The lowest BCUT2D eigenvalue weighted by Gasteiger charge is -2.14. The second kappa shape index (κ2) is 6.17. The van der Waals surface area contributed by atoms with E-state index in [1.165, 1.54) is 0 Å². The van der Waals surface area contributed by atoms with E-state index in [2.05, 4.69) is 11.4 Å². The van der Waals surface area contributed by atoms with Crippen molar-refractivity contribution in [2.75, 3.05) is 0 Å². The largest absolute Gasteiger partial charge is 0.349 e. The van der Waals surface area contributed by atoms with Crippen molar-refractivity contribution in [3.8, 4) is 6.07 Å². The van der Waals surface area contributed by atoms with Crippen molar-refractivity contribution in [2.45, 2.75) is 19.4 Å². The van der Waals surface area contributed by atoms with Crippen molar-refractivity contribution in [3.05, 3.63) is 57.8 Å². The predicted molar refractivity (Wildman–Crippen MR) is 75.7 cm³/mol. The third-order valence-corrected chi connectivity index (χ3v) is 3.71. The first kappa shape index (κ1) is 13.3. The topological polar surface area (TPSA) is 52.9 Å². The van der Waals surface area contributed by atoms with Crippen molar-refractivity contribution in [2.24, 2.45) is 0 Å². The van der Waals surface area contributed by atoms with E-state index < -0.39 is 0 Å². The molecule has 0 radical (unpaired) electrons. The maximum Gasteiger partial charge on any atom is 0.225 e.